The molecule has 0 unspecified atom stereocenters. The second kappa shape index (κ2) is 11.3. The number of halogens is 2. The number of aldehydes is 1. The topological polar surface area (TPSA) is 68.6 Å². The zero-order valence-electron chi connectivity index (χ0n) is 19.3. The summed E-state index contributed by atoms with van der Waals surface area (Å²) in [6.07, 6.45) is 7.11. The van der Waals surface area contributed by atoms with Gasteiger partial charge in [0, 0.05) is 69.4 Å². The minimum absolute atomic E-state index is 0.00378. The predicted molar refractivity (Wildman–Crippen MR) is 127 cm³/mol. The van der Waals surface area contributed by atoms with Crippen LogP contribution in [-0.4, -0.2) is 62.1 Å². The molecule has 0 bridgehead atoms. The highest BCUT2D eigenvalue weighted by Gasteiger charge is 2.35. The number of allylic oxidation sites excluding steroid dienone is 3. The Kier molecular flexibility index (Phi) is 8.78. The number of likely N-dealkylation sites (N-methyl/N-ethyl adjacent to an activating group) is 1. The molecule has 1 heterocycles. The lowest BCUT2D eigenvalue weighted by molar-refractivity contribution is -0.114. The van der Waals surface area contributed by atoms with Crippen LogP contribution in [0.25, 0.3) is 0 Å². The first-order valence-electron chi connectivity index (χ1n) is 10.4. The number of benzene rings is 1. The van der Waals surface area contributed by atoms with Crippen LogP contribution in [0.2, 0.25) is 0 Å². The fourth-order valence-electron chi connectivity index (χ4n) is 3.53. The second-order valence-corrected chi connectivity index (χ2v) is 7.84. The second-order valence-electron chi connectivity index (χ2n) is 7.84. The summed E-state index contributed by atoms with van der Waals surface area (Å²) in [6.45, 7) is 6.85. The number of anilines is 1. The Hall–Kier alpha value is -3.62. The van der Waals surface area contributed by atoms with Crippen LogP contribution in [0.4, 0.5) is 14.5 Å². The van der Waals surface area contributed by atoms with Gasteiger partial charge in [-0.25, -0.2) is 8.78 Å². The first-order chi connectivity index (χ1) is 15.6. The van der Waals surface area contributed by atoms with Gasteiger partial charge in [-0.15, -0.1) is 5.10 Å². The lowest BCUT2D eigenvalue weighted by Gasteiger charge is -2.29. The van der Waals surface area contributed by atoms with Gasteiger partial charge in [-0.3, -0.25) is 14.5 Å². The minimum atomic E-state index is -3.25. The number of nitrogens with zero attached hydrogens (tertiary/aromatic N) is 5. The van der Waals surface area contributed by atoms with Crippen molar-refractivity contribution in [1.82, 2.24) is 9.80 Å². The summed E-state index contributed by atoms with van der Waals surface area (Å²) in [5, 5.41) is 7.27. The number of alkyl halides is 2. The van der Waals surface area contributed by atoms with E-state index in [0.717, 1.165) is 35.6 Å². The number of hydrogen-bond donors (Lipinski definition) is 0. The van der Waals surface area contributed by atoms with Crippen molar-refractivity contribution in [2.24, 2.45) is 10.2 Å². The number of carbonyl (C=O) groups excluding carboxylic acids is 2. The summed E-state index contributed by atoms with van der Waals surface area (Å²) >= 11 is 0. The lowest BCUT2D eigenvalue weighted by atomic mass is 9.95. The van der Waals surface area contributed by atoms with E-state index in [1.54, 1.807) is 18.3 Å². The molecule has 9 heteroatoms. The van der Waals surface area contributed by atoms with Crippen LogP contribution in [0.15, 0.2) is 69.8 Å². The molecule has 176 valence electrons. The molecule has 0 saturated carbocycles. The summed E-state index contributed by atoms with van der Waals surface area (Å²) in [5.74, 6) is -3.06. The van der Waals surface area contributed by atoms with E-state index in [-0.39, 0.29) is 17.2 Å². The highest BCUT2D eigenvalue weighted by atomic mass is 19.3. The molecule has 0 spiro atoms. The highest BCUT2D eigenvalue weighted by molar-refractivity contribution is 5.81. The summed E-state index contributed by atoms with van der Waals surface area (Å²) in [7, 11) is 3.61. The maximum absolute atomic E-state index is 14.3. The summed E-state index contributed by atoms with van der Waals surface area (Å²) in [6, 6.07) is 7.75. The first-order valence-corrected chi connectivity index (χ1v) is 10.4. The van der Waals surface area contributed by atoms with Gasteiger partial charge in [-0.1, -0.05) is 19.1 Å². The predicted octanol–water partition coefficient (Wildman–Crippen LogP) is 4.17. The third-order valence-corrected chi connectivity index (χ3v) is 5.27. The van der Waals surface area contributed by atoms with Crippen LogP contribution < -0.4 is 4.90 Å². The van der Waals surface area contributed by atoms with Gasteiger partial charge in [0.1, 0.15) is 6.34 Å². The van der Waals surface area contributed by atoms with Crippen LogP contribution >= 0.6 is 0 Å². The molecule has 33 heavy (non-hydrogen) atoms. The van der Waals surface area contributed by atoms with E-state index in [9.17, 15) is 18.4 Å². The molecule has 1 aliphatic rings. The average Bonchev–Trinajstić information content (AvgIpc) is 2.80. The van der Waals surface area contributed by atoms with Crippen molar-refractivity contribution in [2.75, 3.05) is 25.5 Å². The summed E-state index contributed by atoms with van der Waals surface area (Å²) in [5.41, 5.74) is 1.41. The Morgan fingerprint density at radius 2 is 2.00 bits per heavy atom. The molecule has 2 rings (SSSR count). The van der Waals surface area contributed by atoms with Crippen molar-refractivity contribution in [3.8, 4) is 0 Å². The molecular formula is C24H29F2N5O2. The van der Waals surface area contributed by atoms with Gasteiger partial charge < -0.3 is 9.80 Å². The SMILES string of the molecule is C=N/N=C\N(C)C[C@H](CC)c1cccc(N(C)/C=C2/C(C(C)(F)F)=CC(C=O)=CN2C=O)c1. The molecular weight excluding hydrogens is 428 g/mol. The summed E-state index contributed by atoms with van der Waals surface area (Å²) in [4.78, 5) is 27.3. The van der Waals surface area contributed by atoms with Crippen molar-refractivity contribution in [1.29, 1.82) is 0 Å². The molecule has 1 amide bonds. The van der Waals surface area contributed by atoms with Crippen molar-refractivity contribution in [3.05, 3.63) is 65.1 Å². The lowest BCUT2D eigenvalue weighted by Crippen LogP contribution is -2.30. The van der Waals surface area contributed by atoms with Crippen LogP contribution in [0, 0.1) is 0 Å². The molecule has 1 aromatic rings. The number of amides is 1. The van der Waals surface area contributed by atoms with E-state index in [2.05, 4.69) is 23.8 Å². The standard InChI is InChI=1S/C24H29F2N5O2/c1-6-19(13-29(4)16-28-27-3)20-8-7-9-21(11-20)30(5)14-23-22(24(2,25)26)10-18(15-32)12-31(23)17-33/h7-12,14-17,19H,3,6,13H2,1-2,4-5H3/b23-14-,28-16-/t19-/m0/s1. The van der Waals surface area contributed by atoms with Crippen LogP contribution in [0.1, 0.15) is 31.7 Å². The van der Waals surface area contributed by atoms with Crippen LogP contribution in [0.3, 0.4) is 0 Å². The highest BCUT2D eigenvalue weighted by Crippen LogP contribution is 2.35. The van der Waals surface area contributed by atoms with Crippen molar-refractivity contribution in [2.45, 2.75) is 32.1 Å². The third-order valence-electron chi connectivity index (χ3n) is 5.27. The molecule has 0 fully saturated rings. The Morgan fingerprint density at radius 1 is 1.27 bits per heavy atom. The van der Waals surface area contributed by atoms with Crippen molar-refractivity contribution >= 4 is 31.4 Å². The van der Waals surface area contributed by atoms with E-state index in [1.807, 2.05) is 36.2 Å². The van der Waals surface area contributed by atoms with Crippen LogP contribution in [0.5, 0.6) is 0 Å². The molecule has 0 aliphatic carbocycles. The maximum Gasteiger partial charge on any atom is 0.272 e. The maximum atomic E-state index is 14.3. The number of carbonyl (C=O) groups is 2. The zero-order valence-corrected chi connectivity index (χ0v) is 19.3. The fraction of sp³-hybridized carbons (Fsp3) is 0.333. The van der Waals surface area contributed by atoms with Crippen molar-refractivity contribution in [3.63, 3.8) is 0 Å². The Morgan fingerprint density at radius 3 is 2.58 bits per heavy atom. The van der Waals surface area contributed by atoms with Gasteiger partial charge in [-0.2, -0.15) is 5.10 Å². The largest absolute Gasteiger partial charge is 0.364 e. The minimum Gasteiger partial charge on any atom is -0.364 e. The number of hydrogen-bond acceptors (Lipinski definition) is 5. The first kappa shape index (κ1) is 25.6. The average molecular weight is 458 g/mol. The van der Waals surface area contributed by atoms with E-state index in [0.29, 0.717) is 19.2 Å². The van der Waals surface area contributed by atoms with E-state index >= 15 is 0 Å². The van der Waals surface area contributed by atoms with E-state index in [1.165, 1.54) is 12.4 Å². The van der Waals surface area contributed by atoms with Gasteiger partial charge in [0.2, 0.25) is 6.41 Å². The molecule has 0 N–H and O–H groups in total. The smallest absolute Gasteiger partial charge is 0.272 e. The quantitative estimate of drug-likeness (QED) is 0.217. The summed E-state index contributed by atoms with van der Waals surface area (Å²) < 4.78 is 28.6. The Balaban J connectivity index is 2.39. The third kappa shape index (κ3) is 6.68. The van der Waals surface area contributed by atoms with Gasteiger partial charge in [0.25, 0.3) is 5.92 Å². The van der Waals surface area contributed by atoms with Gasteiger partial charge in [0.15, 0.2) is 6.29 Å². The van der Waals surface area contributed by atoms with Gasteiger partial charge >= 0.3 is 0 Å². The Labute approximate surface area is 193 Å². The van der Waals surface area contributed by atoms with E-state index < -0.39 is 11.5 Å². The molecule has 0 saturated heterocycles. The molecule has 0 aromatic heterocycles. The normalized spacial score (nSPS) is 16.3. The van der Waals surface area contributed by atoms with Gasteiger partial charge in [-0.05, 0) is 30.2 Å². The monoisotopic (exact) mass is 457 g/mol. The van der Waals surface area contributed by atoms with Crippen LogP contribution in [-0.2, 0) is 9.59 Å². The van der Waals surface area contributed by atoms with E-state index in [4.69, 9.17) is 0 Å². The van der Waals surface area contributed by atoms with Crippen molar-refractivity contribution < 1.29 is 18.4 Å². The molecule has 1 atom stereocenters. The zero-order chi connectivity index (χ0) is 24.6. The molecule has 0 radical (unpaired) electrons. The molecule has 1 aromatic carbocycles. The molecule has 1 aliphatic heterocycles. The Bertz CT molecular complexity index is 995. The molecule has 7 nitrogen and oxygen atoms in total. The fourth-order valence-corrected chi connectivity index (χ4v) is 3.53. The van der Waals surface area contributed by atoms with Gasteiger partial charge in [0.05, 0.1) is 5.70 Å². The number of rotatable bonds is 11.